The Bertz CT molecular complexity index is 678. The highest BCUT2D eigenvalue weighted by Crippen LogP contribution is 2.16. The summed E-state index contributed by atoms with van der Waals surface area (Å²) in [5, 5.41) is 11.2. The lowest BCUT2D eigenvalue weighted by molar-refractivity contribution is 0.102. The van der Waals surface area contributed by atoms with Gasteiger partial charge in [-0.05, 0) is 30.3 Å². The van der Waals surface area contributed by atoms with Gasteiger partial charge in [-0.3, -0.25) is 4.79 Å². The summed E-state index contributed by atoms with van der Waals surface area (Å²) in [5.41, 5.74) is 2.80. The van der Waals surface area contributed by atoms with Crippen molar-refractivity contribution in [2.24, 2.45) is 5.84 Å². The van der Waals surface area contributed by atoms with E-state index in [2.05, 4.69) is 15.7 Å². The van der Waals surface area contributed by atoms with Gasteiger partial charge in [0.25, 0.3) is 5.91 Å². The van der Waals surface area contributed by atoms with Crippen LogP contribution in [0.15, 0.2) is 36.5 Å². The number of nitrogen functional groups attached to an aromatic ring is 1. The number of nitriles is 1. The third kappa shape index (κ3) is 2.71. The Morgan fingerprint density at radius 2 is 2.00 bits per heavy atom. The molecule has 20 heavy (non-hydrogen) atoms. The number of nitrogens with two attached hydrogens (primary N) is 1. The quantitative estimate of drug-likeness (QED) is 0.581. The number of benzene rings is 1. The number of nitrogens with one attached hydrogen (secondary N) is 2. The zero-order valence-electron chi connectivity index (χ0n) is 10.2. The van der Waals surface area contributed by atoms with Crippen molar-refractivity contribution in [2.75, 3.05) is 10.7 Å². The summed E-state index contributed by atoms with van der Waals surface area (Å²) >= 11 is 0. The fraction of sp³-hybridized carbons (Fsp3) is 0. The maximum absolute atomic E-state index is 13.8. The van der Waals surface area contributed by atoms with Crippen molar-refractivity contribution in [3.05, 3.63) is 53.5 Å². The van der Waals surface area contributed by atoms with Crippen LogP contribution in [0.5, 0.6) is 0 Å². The third-order valence-electron chi connectivity index (χ3n) is 2.54. The lowest BCUT2D eigenvalue weighted by Gasteiger charge is -2.08. The van der Waals surface area contributed by atoms with E-state index in [9.17, 15) is 9.18 Å². The SMILES string of the molecule is N#Cc1ccc(NC(=O)c2ccnc(NN)c2F)cc1. The fourth-order valence-corrected chi connectivity index (χ4v) is 1.55. The second-order valence-electron chi connectivity index (χ2n) is 3.81. The number of amides is 1. The highest BCUT2D eigenvalue weighted by Gasteiger charge is 2.15. The molecule has 4 N–H and O–H groups in total. The number of pyridine rings is 1. The van der Waals surface area contributed by atoms with E-state index in [-0.39, 0.29) is 11.4 Å². The Balaban J connectivity index is 2.22. The Labute approximate surface area is 114 Å². The van der Waals surface area contributed by atoms with Crippen molar-refractivity contribution in [1.29, 1.82) is 5.26 Å². The topological polar surface area (TPSA) is 104 Å². The van der Waals surface area contributed by atoms with Crippen molar-refractivity contribution < 1.29 is 9.18 Å². The molecule has 0 spiro atoms. The summed E-state index contributed by atoms with van der Waals surface area (Å²) in [4.78, 5) is 15.6. The summed E-state index contributed by atoms with van der Waals surface area (Å²) in [6, 6.07) is 9.41. The summed E-state index contributed by atoms with van der Waals surface area (Å²) in [7, 11) is 0. The van der Waals surface area contributed by atoms with Crippen LogP contribution in [0.2, 0.25) is 0 Å². The van der Waals surface area contributed by atoms with Crippen molar-refractivity contribution in [2.45, 2.75) is 0 Å². The van der Waals surface area contributed by atoms with Crippen LogP contribution in [0.3, 0.4) is 0 Å². The molecule has 1 aromatic heterocycles. The Hall–Kier alpha value is -2.98. The molecule has 7 heteroatoms. The molecule has 0 bridgehead atoms. The first-order valence-electron chi connectivity index (χ1n) is 5.58. The summed E-state index contributed by atoms with van der Waals surface area (Å²) in [6.07, 6.45) is 1.27. The highest BCUT2D eigenvalue weighted by atomic mass is 19.1. The molecule has 100 valence electrons. The predicted octanol–water partition coefficient (Wildman–Crippen LogP) is 1.63. The number of hydrogen-bond donors (Lipinski definition) is 3. The first-order valence-corrected chi connectivity index (χ1v) is 5.58. The van der Waals surface area contributed by atoms with Gasteiger partial charge in [0.1, 0.15) is 0 Å². The van der Waals surface area contributed by atoms with Gasteiger partial charge in [-0.2, -0.15) is 5.26 Å². The molecular weight excluding hydrogens is 261 g/mol. The maximum atomic E-state index is 13.8. The van der Waals surface area contributed by atoms with Crippen LogP contribution in [0, 0.1) is 17.1 Å². The number of halogens is 1. The second kappa shape index (κ2) is 5.77. The minimum Gasteiger partial charge on any atom is -0.322 e. The number of rotatable bonds is 3. The predicted molar refractivity (Wildman–Crippen MR) is 71.1 cm³/mol. The van der Waals surface area contributed by atoms with Gasteiger partial charge in [0.05, 0.1) is 17.2 Å². The first kappa shape index (κ1) is 13.5. The second-order valence-corrected chi connectivity index (χ2v) is 3.81. The number of anilines is 2. The van der Waals surface area contributed by atoms with Crippen LogP contribution in [0.25, 0.3) is 0 Å². The molecule has 6 nitrogen and oxygen atoms in total. The molecule has 0 saturated carbocycles. The smallest absolute Gasteiger partial charge is 0.258 e. The van der Waals surface area contributed by atoms with Gasteiger partial charge in [-0.25, -0.2) is 15.2 Å². The Kier molecular flexibility index (Phi) is 3.88. The van der Waals surface area contributed by atoms with Crippen LogP contribution in [-0.2, 0) is 0 Å². The molecule has 0 radical (unpaired) electrons. The van der Waals surface area contributed by atoms with Crippen LogP contribution >= 0.6 is 0 Å². The largest absolute Gasteiger partial charge is 0.322 e. The van der Waals surface area contributed by atoms with Gasteiger partial charge in [0.2, 0.25) is 0 Å². The van der Waals surface area contributed by atoms with Gasteiger partial charge < -0.3 is 10.7 Å². The molecule has 2 aromatic rings. The maximum Gasteiger partial charge on any atom is 0.258 e. The van der Waals surface area contributed by atoms with Crippen LogP contribution in [0.4, 0.5) is 15.9 Å². The van der Waals surface area contributed by atoms with Crippen LogP contribution in [-0.4, -0.2) is 10.9 Å². The molecule has 1 aromatic carbocycles. The van der Waals surface area contributed by atoms with E-state index in [0.29, 0.717) is 11.3 Å². The first-order chi connectivity index (χ1) is 9.65. The number of hydrogen-bond acceptors (Lipinski definition) is 5. The average Bonchev–Trinajstić information content (AvgIpc) is 2.48. The molecule has 0 fully saturated rings. The van der Waals surface area contributed by atoms with E-state index in [1.54, 1.807) is 24.3 Å². The van der Waals surface area contributed by atoms with Gasteiger partial charge in [0, 0.05) is 11.9 Å². The summed E-state index contributed by atoms with van der Waals surface area (Å²) in [6.45, 7) is 0. The van der Waals surface area contributed by atoms with Gasteiger partial charge in [-0.15, -0.1) is 0 Å². The molecule has 1 heterocycles. The lowest BCUT2D eigenvalue weighted by atomic mass is 10.2. The number of carbonyl (C=O) groups is 1. The number of hydrazine groups is 1. The zero-order valence-corrected chi connectivity index (χ0v) is 10.2. The fourth-order valence-electron chi connectivity index (χ4n) is 1.55. The Morgan fingerprint density at radius 1 is 1.30 bits per heavy atom. The van der Waals surface area contributed by atoms with Crippen molar-refractivity contribution in [1.82, 2.24) is 4.98 Å². The lowest BCUT2D eigenvalue weighted by Crippen LogP contribution is -2.17. The van der Waals surface area contributed by atoms with Gasteiger partial charge >= 0.3 is 0 Å². The Morgan fingerprint density at radius 3 is 2.60 bits per heavy atom. The molecular formula is C13H10FN5O. The van der Waals surface area contributed by atoms with E-state index in [0.717, 1.165) is 0 Å². The van der Waals surface area contributed by atoms with E-state index < -0.39 is 11.7 Å². The van der Waals surface area contributed by atoms with Crippen molar-refractivity contribution in [3.8, 4) is 6.07 Å². The van der Waals surface area contributed by atoms with Crippen LogP contribution in [0.1, 0.15) is 15.9 Å². The summed E-state index contributed by atoms with van der Waals surface area (Å²) < 4.78 is 13.8. The number of carbonyl (C=O) groups excluding carboxylic acids is 1. The third-order valence-corrected chi connectivity index (χ3v) is 2.54. The number of nitrogens with zero attached hydrogens (tertiary/aromatic N) is 2. The molecule has 2 rings (SSSR count). The molecule has 0 saturated heterocycles. The monoisotopic (exact) mass is 271 g/mol. The number of aromatic nitrogens is 1. The van der Waals surface area contributed by atoms with Crippen molar-refractivity contribution >= 4 is 17.4 Å². The highest BCUT2D eigenvalue weighted by molar-refractivity contribution is 6.04. The van der Waals surface area contributed by atoms with E-state index >= 15 is 0 Å². The van der Waals surface area contributed by atoms with E-state index in [4.69, 9.17) is 11.1 Å². The zero-order chi connectivity index (χ0) is 14.5. The van der Waals surface area contributed by atoms with Crippen molar-refractivity contribution in [3.63, 3.8) is 0 Å². The normalized spacial score (nSPS) is 9.65. The van der Waals surface area contributed by atoms with E-state index in [1.807, 2.05) is 6.07 Å². The average molecular weight is 271 g/mol. The molecule has 0 atom stereocenters. The molecule has 0 aliphatic heterocycles. The molecule has 0 aliphatic carbocycles. The minimum absolute atomic E-state index is 0.183. The van der Waals surface area contributed by atoms with Gasteiger partial charge in [-0.1, -0.05) is 0 Å². The molecule has 1 amide bonds. The summed E-state index contributed by atoms with van der Waals surface area (Å²) in [5.74, 6) is 3.41. The van der Waals surface area contributed by atoms with Gasteiger partial charge in [0.15, 0.2) is 11.6 Å². The minimum atomic E-state index is -0.832. The molecule has 0 unspecified atom stereocenters. The molecule has 0 aliphatic rings. The standard InChI is InChI=1S/C13H10FN5O/c14-11-10(5-6-17-12(11)19-16)13(20)18-9-3-1-8(7-15)2-4-9/h1-6H,16H2,(H,17,19)(H,18,20). The van der Waals surface area contributed by atoms with Crippen LogP contribution < -0.4 is 16.6 Å². The van der Waals surface area contributed by atoms with E-state index in [1.165, 1.54) is 12.3 Å².